The molecule has 0 spiro atoms. The fourth-order valence-electron chi connectivity index (χ4n) is 3.56. The molecule has 0 heterocycles. The van der Waals surface area contributed by atoms with Gasteiger partial charge in [0.1, 0.15) is 12.6 Å². The summed E-state index contributed by atoms with van der Waals surface area (Å²) in [6, 6.07) is 14.1. The van der Waals surface area contributed by atoms with E-state index in [1.54, 1.807) is 13.0 Å². The van der Waals surface area contributed by atoms with Crippen LogP contribution in [0, 0.1) is 13.8 Å². The van der Waals surface area contributed by atoms with Gasteiger partial charge < -0.3 is 10.2 Å². The van der Waals surface area contributed by atoms with E-state index in [9.17, 15) is 18.0 Å². The number of aryl methyl sites for hydroxylation is 2. The van der Waals surface area contributed by atoms with Crippen LogP contribution in [-0.4, -0.2) is 63.2 Å². The molecule has 1 unspecified atom stereocenters. The molecule has 0 radical (unpaired) electrons. The zero-order valence-electron chi connectivity index (χ0n) is 20.2. The molecule has 33 heavy (non-hydrogen) atoms. The molecule has 0 bridgehead atoms. The number of rotatable bonds is 10. The third-order valence-electron chi connectivity index (χ3n) is 5.48. The van der Waals surface area contributed by atoms with Crippen LogP contribution in [0.3, 0.4) is 0 Å². The maximum Gasteiger partial charge on any atom is 0.304 e. The van der Waals surface area contributed by atoms with Crippen molar-refractivity contribution in [2.24, 2.45) is 0 Å². The molecular weight excluding hydrogens is 440 g/mol. The van der Waals surface area contributed by atoms with E-state index in [4.69, 9.17) is 0 Å². The Morgan fingerprint density at radius 3 is 2.21 bits per heavy atom. The quantitative estimate of drug-likeness (QED) is 0.573. The van der Waals surface area contributed by atoms with Crippen molar-refractivity contribution in [1.82, 2.24) is 14.5 Å². The van der Waals surface area contributed by atoms with Gasteiger partial charge in [0.15, 0.2) is 0 Å². The molecule has 9 heteroatoms. The minimum absolute atomic E-state index is 0.189. The first kappa shape index (κ1) is 26.3. The number of benzene rings is 2. The molecule has 0 saturated heterocycles. The highest BCUT2D eigenvalue weighted by Crippen LogP contribution is 2.26. The number of carbonyl (C=O) groups excluding carboxylic acids is 2. The standard InChI is InChI=1S/C24H34N4O4S/c1-7-21(24(30)25-4)27(16-20-11-9-8-10-12-20)23(29)17-28(33(31,32)26(5)6)22-15-18(2)13-14-19(22)3/h8-15,21H,7,16-17H2,1-6H3,(H,25,30). The molecule has 1 N–H and O–H groups in total. The van der Waals surface area contributed by atoms with E-state index in [2.05, 4.69) is 5.32 Å². The van der Waals surface area contributed by atoms with Crippen LogP contribution in [0.4, 0.5) is 5.69 Å². The molecule has 8 nitrogen and oxygen atoms in total. The summed E-state index contributed by atoms with van der Waals surface area (Å²) in [5.74, 6) is -0.754. The van der Waals surface area contributed by atoms with Crippen LogP contribution in [0.15, 0.2) is 48.5 Å². The van der Waals surface area contributed by atoms with Gasteiger partial charge in [-0.15, -0.1) is 0 Å². The minimum atomic E-state index is -3.97. The second kappa shape index (κ2) is 11.3. The van der Waals surface area contributed by atoms with E-state index < -0.39 is 28.7 Å². The van der Waals surface area contributed by atoms with Gasteiger partial charge >= 0.3 is 10.2 Å². The third kappa shape index (κ3) is 6.33. The van der Waals surface area contributed by atoms with E-state index in [0.29, 0.717) is 12.1 Å². The highest BCUT2D eigenvalue weighted by molar-refractivity contribution is 7.90. The lowest BCUT2D eigenvalue weighted by molar-refractivity contribution is -0.140. The first-order chi connectivity index (χ1) is 15.5. The summed E-state index contributed by atoms with van der Waals surface area (Å²) < 4.78 is 28.7. The number of nitrogens with zero attached hydrogens (tertiary/aromatic N) is 3. The summed E-state index contributed by atoms with van der Waals surface area (Å²) in [5.41, 5.74) is 2.89. The van der Waals surface area contributed by atoms with Crippen LogP contribution in [0.25, 0.3) is 0 Å². The summed E-state index contributed by atoms with van der Waals surface area (Å²) in [7, 11) is 0.410. The van der Waals surface area contributed by atoms with Gasteiger partial charge in [-0.2, -0.15) is 12.7 Å². The second-order valence-corrected chi connectivity index (χ2v) is 10.2. The van der Waals surface area contributed by atoms with Gasteiger partial charge in [-0.05, 0) is 43.0 Å². The third-order valence-corrected chi connectivity index (χ3v) is 7.29. The van der Waals surface area contributed by atoms with Gasteiger partial charge in [-0.3, -0.25) is 9.59 Å². The molecule has 2 aromatic rings. The Morgan fingerprint density at radius 1 is 1.03 bits per heavy atom. The van der Waals surface area contributed by atoms with E-state index in [1.807, 2.05) is 56.3 Å². The maximum atomic E-state index is 13.6. The van der Waals surface area contributed by atoms with Crippen LogP contribution in [-0.2, 0) is 26.3 Å². The zero-order valence-corrected chi connectivity index (χ0v) is 21.0. The van der Waals surface area contributed by atoms with E-state index in [1.165, 1.54) is 26.0 Å². The number of nitrogens with one attached hydrogen (secondary N) is 1. The van der Waals surface area contributed by atoms with Gasteiger partial charge in [0.2, 0.25) is 11.8 Å². The van der Waals surface area contributed by atoms with Crippen molar-refractivity contribution in [2.45, 2.75) is 39.8 Å². The predicted octanol–water partition coefficient (Wildman–Crippen LogP) is 2.47. The number of hydrogen-bond donors (Lipinski definition) is 1. The summed E-state index contributed by atoms with van der Waals surface area (Å²) in [6.45, 7) is 5.26. The fourth-order valence-corrected chi connectivity index (χ4v) is 4.67. The summed E-state index contributed by atoms with van der Waals surface area (Å²) in [6.07, 6.45) is 0.391. The van der Waals surface area contributed by atoms with E-state index in [0.717, 1.165) is 25.3 Å². The number of anilines is 1. The lowest BCUT2D eigenvalue weighted by Gasteiger charge is -2.34. The molecule has 1 atom stereocenters. The summed E-state index contributed by atoms with van der Waals surface area (Å²) in [5, 5.41) is 2.61. The van der Waals surface area contributed by atoms with Crippen molar-refractivity contribution in [1.29, 1.82) is 0 Å². The van der Waals surface area contributed by atoms with E-state index in [-0.39, 0.29) is 12.5 Å². The topological polar surface area (TPSA) is 90.0 Å². The normalized spacial score (nSPS) is 12.3. The highest BCUT2D eigenvalue weighted by Gasteiger charge is 2.34. The van der Waals surface area contributed by atoms with Gasteiger partial charge in [-0.25, -0.2) is 4.31 Å². The van der Waals surface area contributed by atoms with Crippen LogP contribution in [0.2, 0.25) is 0 Å². The molecule has 0 aromatic heterocycles. The molecule has 0 aliphatic heterocycles. The number of amides is 2. The lowest BCUT2D eigenvalue weighted by Crippen LogP contribution is -2.53. The van der Waals surface area contributed by atoms with Gasteiger partial charge in [-0.1, -0.05) is 49.4 Å². The van der Waals surface area contributed by atoms with Crippen molar-refractivity contribution >= 4 is 27.7 Å². The van der Waals surface area contributed by atoms with Crippen molar-refractivity contribution < 1.29 is 18.0 Å². The van der Waals surface area contributed by atoms with Crippen molar-refractivity contribution in [3.05, 3.63) is 65.2 Å². The Hall–Kier alpha value is -2.91. The SMILES string of the molecule is CCC(C(=O)NC)N(Cc1ccccc1)C(=O)CN(c1cc(C)ccc1C)S(=O)(=O)N(C)C. The molecule has 180 valence electrons. The van der Waals surface area contributed by atoms with E-state index >= 15 is 0 Å². The molecule has 0 aliphatic carbocycles. The van der Waals surface area contributed by atoms with Gasteiger partial charge in [0.25, 0.3) is 0 Å². The first-order valence-electron chi connectivity index (χ1n) is 10.8. The van der Waals surface area contributed by atoms with Crippen LogP contribution >= 0.6 is 0 Å². The van der Waals surface area contributed by atoms with Crippen molar-refractivity contribution in [3.63, 3.8) is 0 Å². The second-order valence-electron chi connectivity index (χ2n) is 8.13. The fraction of sp³-hybridized carbons (Fsp3) is 0.417. The number of carbonyl (C=O) groups is 2. The molecule has 2 rings (SSSR count). The average molecular weight is 475 g/mol. The van der Waals surface area contributed by atoms with Crippen molar-refractivity contribution in [3.8, 4) is 0 Å². The smallest absolute Gasteiger partial charge is 0.304 e. The van der Waals surface area contributed by atoms with Crippen LogP contribution < -0.4 is 9.62 Å². The average Bonchev–Trinajstić information content (AvgIpc) is 2.79. The Morgan fingerprint density at radius 2 is 1.67 bits per heavy atom. The Bertz CT molecular complexity index is 1070. The Labute approximate surface area is 197 Å². The molecule has 2 aromatic carbocycles. The molecule has 2 amide bonds. The molecular formula is C24H34N4O4S. The minimum Gasteiger partial charge on any atom is -0.357 e. The Balaban J connectivity index is 2.53. The predicted molar refractivity (Wildman–Crippen MR) is 131 cm³/mol. The molecule has 0 saturated carbocycles. The Kier molecular flexibility index (Phi) is 9.01. The van der Waals surface area contributed by atoms with Gasteiger partial charge in [0, 0.05) is 27.7 Å². The van der Waals surface area contributed by atoms with Gasteiger partial charge in [0.05, 0.1) is 5.69 Å². The highest BCUT2D eigenvalue weighted by atomic mass is 32.2. The monoisotopic (exact) mass is 474 g/mol. The summed E-state index contributed by atoms with van der Waals surface area (Å²) >= 11 is 0. The number of hydrogen-bond acceptors (Lipinski definition) is 4. The molecule has 0 aliphatic rings. The lowest BCUT2D eigenvalue weighted by atomic mass is 10.1. The van der Waals surface area contributed by atoms with Crippen molar-refractivity contribution in [2.75, 3.05) is 32.0 Å². The first-order valence-corrected chi connectivity index (χ1v) is 12.2. The largest absolute Gasteiger partial charge is 0.357 e. The summed E-state index contributed by atoms with van der Waals surface area (Å²) in [4.78, 5) is 27.7. The zero-order chi connectivity index (χ0) is 24.8. The number of likely N-dealkylation sites (N-methyl/N-ethyl adjacent to an activating group) is 1. The van der Waals surface area contributed by atoms with Crippen LogP contribution in [0.5, 0.6) is 0 Å². The molecule has 0 fully saturated rings. The van der Waals surface area contributed by atoms with Crippen LogP contribution in [0.1, 0.15) is 30.0 Å². The maximum absolute atomic E-state index is 13.6.